The maximum absolute atomic E-state index is 13.1. The molecule has 3 aromatic carbocycles. The molecule has 6 heteroatoms. The highest BCUT2D eigenvalue weighted by molar-refractivity contribution is 8.18. The summed E-state index contributed by atoms with van der Waals surface area (Å²) in [7, 11) is 0. The third-order valence-corrected chi connectivity index (χ3v) is 7.61. The van der Waals surface area contributed by atoms with Gasteiger partial charge in [-0.15, -0.1) is 0 Å². The van der Waals surface area contributed by atoms with Crippen molar-refractivity contribution in [1.82, 2.24) is 9.47 Å². The number of thioether (sulfide) groups is 1. The van der Waals surface area contributed by atoms with E-state index in [1.165, 1.54) is 16.0 Å². The summed E-state index contributed by atoms with van der Waals surface area (Å²) in [6.07, 6.45) is 1.83. The zero-order valence-electron chi connectivity index (χ0n) is 20.9. The zero-order chi connectivity index (χ0) is 25.4. The Labute approximate surface area is 215 Å². The largest absolute Gasteiger partial charge is 0.491 e. The summed E-state index contributed by atoms with van der Waals surface area (Å²) >= 11 is 0.983. The average Bonchev–Trinajstić information content (AvgIpc) is 3.29. The van der Waals surface area contributed by atoms with Crippen molar-refractivity contribution < 1.29 is 14.3 Å². The quantitative estimate of drug-likeness (QED) is 0.270. The maximum atomic E-state index is 13.1. The van der Waals surface area contributed by atoms with Crippen LogP contribution >= 0.6 is 11.8 Å². The van der Waals surface area contributed by atoms with Gasteiger partial charge < -0.3 is 9.30 Å². The Hall–Kier alpha value is -3.77. The molecule has 4 aromatic rings. The van der Waals surface area contributed by atoms with E-state index in [1.807, 2.05) is 55.5 Å². The van der Waals surface area contributed by atoms with E-state index in [0.29, 0.717) is 4.91 Å². The predicted molar refractivity (Wildman–Crippen MR) is 147 cm³/mol. The highest BCUT2D eigenvalue weighted by Crippen LogP contribution is 2.34. The van der Waals surface area contributed by atoms with Gasteiger partial charge in [0.2, 0.25) is 0 Å². The first-order valence-electron chi connectivity index (χ1n) is 12.0. The maximum Gasteiger partial charge on any atom is 0.293 e. The van der Waals surface area contributed by atoms with E-state index in [-0.39, 0.29) is 24.3 Å². The summed E-state index contributed by atoms with van der Waals surface area (Å²) in [6.45, 7) is 8.73. The van der Waals surface area contributed by atoms with Crippen molar-refractivity contribution in [3.8, 4) is 11.4 Å². The van der Waals surface area contributed by atoms with E-state index in [0.717, 1.165) is 50.9 Å². The van der Waals surface area contributed by atoms with Crippen molar-refractivity contribution in [2.24, 2.45) is 0 Å². The van der Waals surface area contributed by atoms with Gasteiger partial charge in [0.25, 0.3) is 11.1 Å². The number of ether oxygens (including phenoxy) is 1. The van der Waals surface area contributed by atoms with Gasteiger partial charge in [-0.3, -0.25) is 14.5 Å². The van der Waals surface area contributed by atoms with Crippen LogP contribution in [0.3, 0.4) is 0 Å². The van der Waals surface area contributed by atoms with Crippen molar-refractivity contribution in [2.45, 2.75) is 27.7 Å². The van der Waals surface area contributed by atoms with E-state index in [1.54, 1.807) is 0 Å². The fourth-order valence-electron chi connectivity index (χ4n) is 4.60. The first-order valence-corrected chi connectivity index (χ1v) is 12.8. The van der Waals surface area contributed by atoms with Gasteiger partial charge in [-0.05, 0) is 91.9 Å². The lowest BCUT2D eigenvalue weighted by Crippen LogP contribution is -2.32. The van der Waals surface area contributed by atoms with E-state index >= 15 is 0 Å². The van der Waals surface area contributed by atoms with Crippen LogP contribution in [0.2, 0.25) is 0 Å². The van der Waals surface area contributed by atoms with E-state index < -0.39 is 0 Å². The topological polar surface area (TPSA) is 51.5 Å². The van der Waals surface area contributed by atoms with Crippen molar-refractivity contribution >= 4 is 39.8 Å². The van der Waals surface area contributed by atoms with E-state index in [4.69, 9.17) is 4.74 Å². The number of rotatable bonds is 6. The summed E-state index contributed by atoms with van der Waals surface area (Å²) in [6, 6.07) is 22.3. The first kappa shape index (κ1) is 23.9. The minimum Gasteiger partial charge on any atom is -0.491 e. The van der Waals surface area contributed by atoms with Crippen LogP contribution in [-0.2, 0) is 4.79 Å². The van der Waals surface area contributed by atoms with E-state index in [9.17, 15) is 9.59 Å². The molecule has 36 heavy (non-hydrogen) atoms. The Balaban J connectivity index is 1.32. The van der Waals surface area contributed by atoms with Crippen LogP contribution in [0.25, 0.3) is 22.5 Å². The van der Waals surface area contributed by atoms with Crippen molar-refractivity contribution in [3.63, 3.8) is 0 Å². The highest BCUT2D eigenvalue weighted by atomic mass is 32.2. The number of hydrogen-bond donors (Lipinski definition) is 0. The second-order valence-corrected chi connectivity index (χ2v) is 10.1. The standard InChI is InChI=1S/C30H28N2O3S/c1-19-12-13-25(16-20(19)2)32-21(3)17-24(22(32)4)18-28-29(33)31(30(34)36-28)14-15-35-27-11-7-9-23-8-5-6-10-26(23)27/h5-13,16-18H,14-15H2,1-4H3/b28-18-. The fourth-order valence-corrected chi connectivity index (χ4v) is 5.45. The average molecular weight is 497 g/mol. The Morgan fingerprint density at radius 1 is 0.889 bits per heavy atom. The molecule has 1 fully saturated rings. The molecule has 2 heterocycles. The van der Waals surface area contributed by atoms with Crippen LogP contribution in [0.15, 0.2) is 71.6 Å². The predicted octanol–water partition coefficient (Wildman–Crippen LogP) is 6.98. The second kappa shape index (κ2) is 9.70. The molecule has 5 rings (SSSR count). The number of aromatic nitrogens is 1. The third kappa shape index (κ3) is 4.44. The fraction of sp³-hybridized carbons (Fsp3) is 0.200. The van der Waals surface area contributed by atoms with Crippen LogP contribution in [-0.4, -0.2) is 33.8 Å². The lowest BCUT2D eigenvalue weighted by Gasteiger charge is -2.14. The molecule has 1 aliphatic heterocycles. The number of imide groups is 1. The lowest BCUT2D eigenvalue weighted by molar-refractivity contribution is -0.123. The van der Waals surface area contributed by atoms with Gasteiger partial charge in [0.05, 0.1) is 11.4 Å². The van der Waals surface area contributed by atoms with Crippen molar-refractivity contribution in [3.05, 3.63) is 99.7 Å². The van der Waals surface area contributed by atoms with Gasteiger partial charge in [-0.2, -0.15) is 0 Å². The Kier molecular flexibility index (Phi) is 6.46. The summed E-state index contributed by atoms with van der Waals surface area (Å²) in [5, 5.41) is 1.83. The molecular formula is C30H28N2O3S. The molecule has 0 atom stereocenters. The van der Waals surface area contributed by atoms with Crippen molar-refractivity contribution in [2.75, 3.05) is 13.2 Å². The third-order valence-electron chi connectivity index (χ3n) is 6.70. The van der Waals surface area contributed by atoms with Gasteiger partial charge in [-0.25, -0.2) is 0 Å². The van der Waals surface area contributed by atoms with Crippen LogP contribution in [0.4, 0.5) is 4.79 Å². The number of aryl methyl sites for hydroxylation is 3. The monoisotopic (exact) mass is 496 g/mol. The van der Waals surface area contributed by atoms with Crippen molar-refractivity contribution in [1.29, 1.82) is 0 Å². The smallest absolute Gasteiger partial charge is 0.293 e. The molecule has 182 valence electrons. The summed E-state index contributed by atoms with van der Waals surface area (Å²) < 4.78 is 8.14. The highest BCUT2D eigenvalue weighted by Gasteiger charge is 2.35. The Bertz CT molecular complexity index is 1530. The molecule has 0 aliphatic carbocycles. The molecule has 1 aliphatic rings. The number of nitrogens with zero attached hydrogens (tertiary/aromatic N) is 2. The second-order valence-electron chi connectivity index (χ2n) is 9.09. The number of carbonyl (C=O) groups excluding carboxylic acids is 2. The van der Waals surface area contributed by atoms with E-state index in [2.05, 4.69) is 49.6 Å². The molecule has 0 bridgehead atoms. The molecule has 1 aromatic heterocycles. The van der Waals surface area contributed by atoms with Crippen LogP contribution in [0.1, 0.15) is 28.1 Å². The number of carbonyl (C=O) groups is 2. The molecule has 5 nitrogen and oxygen atoms in total. The van der Waals surface area contributed by atoms with Gasteiger partial charge in [-0.1, -0.05) is 42.5 Å². The number of amides is 2. The molecule has 0 radical (unpaired) electrons. The van der Waals surface area contributed by atoms with Gasteiger partial charge in [0.15, 0.2) is 0 Å². The first-order chi connectivity index (χ1) is 17.3. The molecular weight excluding hydrogens is 468 g/mol. The molecule has 0 N–H and O–H groups in total. The number of benzene rings is 3. The zero-order valence-corrected chi connectivity index (χ0v) is 21.7. The summed E-state index contributed by atoms with van der Waals surface area (Å²) in [4.78, 5) is 27.4. The molecule has 0 unspecified atom stereocenters. The Morgan fingerprint density at radius 2 is 1.67 bits per heavy atom. The molecule has 2 amide bonds. The number of fused-ring (bicyclic) bond motifs is 1. The normalized spacial score (nSPS) is 14.9. The minimum absolute atomic E-state index is 0.201. The molecule has 0 spiro atoms. The van der Waals surface area contributed by atoms with Gasteiger partial charge >= 0.3 is 0 Å². The van der Waals surface area contributed by atoms with Crippen LogP contribution in [0, 0.1) is 27.7 Å². The minimum atomic E-state index is -0.275. The Morgan fingerprint density at radius 3 is 2.47 bits per heavy atom. The molecule has 1 saturated heterocycles. The lowest BCUT2D eigenvalue weighted by atomic mass is 10.1. The summed E-state index contributed by atoms with van der Waals surface area (Å²) in [5.41, 5.74) is 6.61. The summed E-state index contributed by atoms with van der Waals surface area (Å²) in [5.74, 6) is 0.469. The molecule has 0 saturated carbocycles. The van der Waals surface area contributed by atoms with Crippen LogP contribution in [0.5, 0.6) is 5.75 Å². The van der Waals surface area contributed by atoms with Crippen LogP contribution < -0.4 is 4.74 Å². The van der Waals surface area contributed by atoms with Gasteiger partial charge in [0.1, 0.15) is 12.4 Å². The number of hydrogen-bond acceptors (Lipinski definition) is 4. The van der Waals surface area contributed by atoms with Gasteiger partial charge in [0, 0.05) is 22.5 Å². The SMILES string of the molecule is Cc1ccc(-n2c(C)cc(/C=C3\SC(=O)N(CCOc4cccc5ccccc45)C3=O)c2C)cc1C.